The highest BCUT2D eigenvalue weighted by Crippen LogP contribution is 2.27. The Morgan fingerprint density at radius 2 is 1.69 bits per heavy atom. The van der Waals surface area contributed by atoms with Gasteiger partial charge in [-0.1, -0.05) is 39.3 Å². The van der Waals surface area contributed by atoms with Gasteiger partial charge in [0.1, 0.15) is 5.75 Å². The summed E-state index contributed by atoms with van der Waals surface area (Å²) in [5.74, 6) is 1.62. The van der Waals surface area contributed by atoms with Crippen molar-refractivity contribution in [3.8, 4) is 5.75 Å². The van der Waals surface area contributed by atoms with Crippen molar-refractivity contribution >= 4 is 0 Å². The van der Waals surface area contributed by atoms with Crippen LogP contribution in [-0.4, -0.2) is 5.11 Å². The van der Waals surface area contributed by atoms with Crippen molar-refractivity contribution in [1.29, 1.82) is 0 Å². The van der Waals surface area contributed by atoms with Crippen LogP contribution in [0.1, 0.15) is 38.7 Å². The zero-order valence-electron chi connectivity index (χ0n) is 8.62. The second kappa shape index (κ2) is 4.31. The van der Waals surface area contributed by atoms with E-state index in [1.54, 1.807) is 12.1 Å². The number of phenolic OH excluding ortho intramolecular Hbond substituents is 1. The minimum Gasteiger partial charge on any atom is -0.508 e. The van der Waals surface area contributed by atoms with E-state index in [2.05, 4.69) is 20.8 Å². The zero-order chi connectivity index (χ0) is 9.84. The van der Waals surface area contributed by atoms with Crippen LogP contribution >= 0.6 is 0 Å². The lowest BCUT2D eigenvalue weighted by Crippen LogP contribution is -2.04. The van der Waals surface area contributed by atoms with Gasteiger partial charge in [-0.05, 0) is 29.5 Å². The molecule has 0 bridgehead atoms. The molecule has 1 nitrogen and oxygen atoms in total. The fraction of sp³-hybridized carbons (Fsp3) is 0.500. The maximum atomic E-state index is 9.13. The summed E-state index contributed by atoms with van der Waals surface area (Å²) in [5.41, 5.74) is 1.31. The summed E-state index contributed by atoms with van der Waals surface area (Å²) >= 11 is 0. The number of aromatic hydroxyl groups is 1. The van der Waals surface area contributed by atoms with E-state index in [-0.39, 0.29) is 0 Å². The van der Waals surface area contributed by atoms with E-state index in [0.29, 0.717) is 17.6 Å². The lowest BCUT2D eigenvalue weighted by Gasteiger charge is -2.18. The first-order valence-electron chi connectivity index (χ1n) is 4.94. The monoisotopic (exact) mass is 178 g/mol. The molecule has 1 N–H and O–H groups in total. The molecule has 0 heterocycles. The van der Waals surface area contributed by atoms with Gasteiger partial charge in [-0.25, -0.2) is 0 Å². The summed E-state index contributed by atoms with van der Waals surface area (Å²) in [6.45, 7) is 6.71. The molecule has 0 radical (unpaired) electrons. The van der Waals surface area contributed by atoms with Crippen LogP contribution in [0.25, 0.3) is 0 Å². The largest absolute Gasteiger partial charge is 0.508 e. The molecule has 2 unspecified atom stereocenters. The highest BCUT2D eigenvalue weighted by molar-refractivity contribution is 5.28. The van der Waals surface area contributed by atoms with Gasteiger partial charge in [0, 0.05) is 0 Å². The Balaban J connectivity index is 2.77. The van der Waals surface area contributed by atoms with E-state index >= 15 is 0 Å². The molecule has 0 amide bonds. The lowest BCUT2D eigenvalue weighted by molar-refractivity contribution is 0.465. The van der Waals surface area contributed by atoms with Crippen LogP contribution in [0.2, 0.25) is 0 Å². The average molecular weight is 178 g/mol. The minimum atomic E-state index is 0.347. The van der Waals surface area contributed by atoms with Crippen LogP contribution in [0.5, 0.6) is 5.75 Å². The molecule has 0 saturated heterocycles. The molecule has 0 spiro atoms. The third kappa shape index (κ3) is 2.48. The Hall–Kier alpha value is -0.980. The summed E-state index contributed by atoms with van der Waals surface area (Å²) in [7, 11) is 0. The molecule has 0 fully saturated rings. The topological polar surface area (TPSA) is 20.2 Å². The molecule has 0 aliphatic rings. The van der Waals surface area contributed by atoms with E-state index < -0.39 is 0 Å². The summed E-state index contributed by atoms with van der Waals surface area (Å²) < 4.78 is 0. The average Bonchev–Trinajstić information content (AvgIpc) is 2.17. The predicted molar refractivity (Wildman–Crippen MR) is 56.0 cm³/mol. The molecular formula is C12H18O. The Morgan fingerprint density at radius 1 is 1.15 bits per heavy atom. The van der Waals surface area contributed by atoms with Crippen LogP contribution in [-0.2, 0) is 0 Å². The molecular weight excluding hydrogens is 160 g/mol. The number of hydrogen-bond acceptors (Lipinski definition) is 1. The quantitative estimate of drug-likeness (QED) is 0.750. The third-order valence-corrected chi connectivity index (χ3v) is 2.92. The smallest absolute Gasteiger partial charge is 0.115 e. The molecule has 0 aliphatic carbocycles. The summed E-state index contributed by atoms with van der Waals surface area (Å²) in [4.78, 5) is 0. The maximum absolute atomic E-state index is 9.13. The van der Waals surface area contributed by atoms with Gasteiger partial charge in [-0.15, -0.1) is 0 Å². The Bertz CT molecular complexity index is 250. The van der Waals surface area contributed by atoms with Gasteiger partial charge in [0.05, 0.1) is 0 Å². The van der Waals surface area contributed by atoms with E-state index in [4.69, 9.17) is 5.11 Å². The van der Waals surface area contributed by atoms with Gasteiger partial charge in [0.15, 0.2) is 0 Å². The molecule has 72 valence electrons. The van der Waals surface area contributed by atoms with Crippen LogP contribution in [0, 0.1) is 5.92 Å². The van der Waals surface area contributed by atoms with Crippen molar-refractivity contribution < 1.29 is 5.11 Å². The van der Waals surface area contributed by atoms with E-state index in [1.165, 1.54) is 12.0 Å². The van der Waals surface area contributed by atoms with Crippen molar-refractivity contribution in [3.63, 3.8) is 0 Å². The summed E-state index contributed by atoms with van der Waals surface area (Å²) in [6, 6.07) is 7.53. The van der Waals surface area contributed by atoms with Gasteiger partial charge in [-0.2, -0.15) is 0 Å². The first-order chi connectivity index (χ1) is 6.15. The molecule has 0 saturated carbocycles. The SMILES string of the molecule is CCC(C)C(C)c1ccc(O)cc1. The normalized spacial score (nSPS) is 15.3. The number of phenols is 1. The Kier molecular flexibility index (Phi) is 3.35. The summed E-state index contributed by atoms with van der Waals surface area (Å²) in [5, 5.41) is 9.13. The molecule has 1 aromatic carbocycles. The predicted octanol–water partition coefficient (Wildman–Crippen LogP) is 3.54. The second-order valence-electron chi connectivity index (χ2n) is 3.77. The van der Waals surface area contributed by atoms with Crippen molar-refractivity contribution in [3.05, 3.63) is 29.8 Å². The van der Waals surface area contributed by atoms with Gasteiger partial charge in [0.2, 0.25) is 0 Å². The molecule has 1 heteroatoms. The molecule has 0 aliphatic heterocycles. The standard InChI is InChI=1S/C12H18O/c1-4-9(2)10(3)11-5-7-12(13)8-6-11/h5-10,13H,4H2,1-3H3. The summed E-state index contributed by atoms with van der Waals surface area (Å²) in [6.07, 6.45) is 1.20. The zero-order valence-corrected chi connectivity index (χ0v) is 8.62. The molecule has 0 aromatic heterocycles. The Labute approximate surface area is 80.4 Å². The fourth-order valence-electron chi connectivity index (χ4n) is 1.46. The van der Waals surface area contributed by atoms with E-state index in [9.17, 15) is 0 Å². The molecule has 1 rings (SSSR count). The van der Waals surface area contributed by atoms with E-state index in [1.807, 2.05) is 12.1 Å². The van der Waals surface area contributed by atoms with Crippen molar-refractivity contribution in [2.75, 3.05) is 0 Å². The Morgan fingerprint density at radius 3 is 2.15 bits per heavy atom. The molecule has 2 atom stereocenters. The van der Waals surface area contributed by atoms with Crippen molar-refractivity contribution in [2.45, 2.75) is 33.1 Å². The first kappa shape index (κ1) is 10.1. The number of hydrogen-bond donors (Lipinski definition) is 1. The van der Waals surface area contributed by atoms with Crippen LogP contribution in [0.3, 0.4) is 0 Å². The van der Waals surface area contributed by atoms with Gasteiger partial charge in [0.25, 0.3) is 0 Å². The number of benzene rings is 1. The first-order valence-corrected chi connectivity index (χ1v) is 4.94. The van der Waals surface area contributed by atoms with Gasteiger partial charge < -0.3 is 5.11 Å². The van der Waals surface area contributed by atoms with Gasteiger partial charge in [-0.3, -0.25) is 0 Å². The second-order valence-corrected chi connectivity index (χ2v) is 3.77. The lowest BCUT2D eigenvalue weighted by atomic mass is 9.87. The van der Waals surface area contributed by atoms with Crippen molar-refractivity contribution in [1.82, 2.24) is 0 Å². The molecule has 13 heavy (non-hydrogen) atoms. The highest BCUT2D eigenvalue weighted by Gasteiger charge is 2.11. The highest BCUT2D eigenvalue weighted by atomic mass is 16.3. The van der Waals surface area contributed by atoms with E-state index in [0.717, 1.165) is 0 Å². The van der Waals surface area contributed by atoms with Crippen LogP contribution in [0.4, 0.5) is 0 Å². The molecule has 1 aromatic rings. The number of rotatable bonds is 3. The van der Waals surface area contributed by atoms with Crippen molar-refractivity contribution in [2.24, 2.45) is 5.92 Å². The fourth-order valence-corrected chi connectivity index (χ4v) is 1.46. The van der Waals surface area contributed by atoms with Gasteiger partial charge >= 0.3 is 0 Å². The van der Waals surface area contributed by atoms with Crippen LogP contribution < -0.4 is 0 Å². The minimum absolute atomic E-state index is 0.347. The van der Waals surface area contributed by atoms with Crippen LogP contribution in [0.15, 0.2) is 24.3 Å². The maximum Gasteiger partial charge on any atom is 0.115 e. The third-order valence-electron chi connectivity index (χ3n) is 2.92.